The van der Waals surface area contributed by atoms with Crippen LogP contribution in [0.15, 0.2) is 4.52 Å². The van der Waals surface area contributed by atoms with Crippen LogP contribution in [0, 0.1) is 5.92 Å². The molecule has 1 fully saturated rings. The molecule has 1 aromatic rings. The van der Waals surface area contributed by atoms with Crippen molar-refractivity contribution >= 4 is 5.97 Å². The van der Waals surface area contributed by atoms with Crippen molar-refractivity contribution in [1.82, 2.24) is 10.1 Å². The lowest BCUT2D eigenvalue weighted by molar-refractivity contribution is -0.142. The van der Waals surface area contributed by atoms with Crippen LogP contribution < -0.4 is 0 Å². The smallest absolute Gasteiger partial charge is 0.307 e. The van der Waals surface area contributed by atoms with Gasteiger partial charge in [-0.25, -0.2) is 0 Å². The third-order valence-corrected chi connectivity index (χ3v) is 3.26. The Hall–Kier alpha value is -1.39. The second-order valence-electron chi connectivity index (χ2n) is 5.69. The van der Waals surface area contributed by atoms with Crippen LogP contribution in [0.25, 0.3) is 0 Å². The summed E-state index contributed by atoms with van der Waals surface area (Å²) in [7, 11) is 0. The molecule has 5 nitrogen and oxygen atoms in total. The number of rotatable bonds is 2. The molecular weight excluding hydrogens is 220 g/mol. The van der Waals surface area contributed by atoms with Crippen LogP contribution in [0.3, 0.4) is 0 Å². The van der Waals surface area contributed by atoms with Crippen molar-refractivity contribution in [3.8, 4) is 0 Å². The third-order valence-electron chi connectivity index (χ3n) is 3.26. The summed E-state index contributed by atoms with van der Waals surface area (Å²) in [5.74, 6) is -0.120. The van der Waals surface area contributed by atoms with E-state index in [0.717, 1.165) is 12.8 Å². The highest BCUT2D eigenvalue weighted by atomic mass is 16.5. The quantitative estimate of drug-likeness (QED) is 0.855. The lowest BCUT2D eigenvalue weighted by atomic mass is 9.94. The number of carboxylic acids is 1. The van der Waals surface area contributed by atoms with Crippen molar-refractivity contribution < 1.29 is 14.4 Å². The molecule has 5 heteroatoms. The van der Waals surface area contributed by atoms with Crippen molar-refractivity contribution in [2.75, 3.05) is 0 Å². The van der Waals surface area contributed by atoms with Crippen molar-refractivity contribution in [3.05, 3.63) is 11.7 Å². The van der Waals surface area contributed by atoms with Gasteiger partial charge in [-0.15, -0.1) is 0 Å². The summed E-state index contributed by atoms with van der Waals surface area (Å²) >= 11 is 0. The van der Waals surface area contributed by atoms with E-state index in [1.807, 2.05) is 20.8 Å². The number of aliphatic carboxylic acids is 1. The fourth-order valence-electron chi connectivity index (χ4n) is 2.24. The van der Waals surface area contributed by atoms with E-state index >= 15 is 0 Å². The fourth-order valence-corrected chi connectivity index (χ4v) is 2.24. The molecule has 0 aliphatic heterocycles. The predicted octanol–water partition coefficient (Wildman–Crippen LogP) is 2.34. The average molecular weight is 238 g/mol. The zero-order valence-electron chi connectivity index (χ0n) is 10.4. The Labute approximate surface area is 100 Å². The first-order chi connectivity index (χ1) is 7.89. The second-order valence-corrected chi connectivity index (χ2v) is 5.69. The van der Waals surface area contributed by atoms with Gasteiger partial charge in [-0.2, -0.15) is 4.98 Å². The van der Waals surface area contributed by atoms with Crippen molar-refractivity contribution in [2.24, 2.45) is 5.92 Å². The number of hydrogen-bond acceptors (Lipinski definition) is 4. The zero-order chi connectivity index (χ0) is 12.6. The molecule has 0 saturated heterocycles. The highest BCUT2D eigenvalue weighted by molar-refractivity contribution is 5.71. The number of nitrogens with zero attached hydrogens (tertiary/aromatic N) is 2. The Kier molecular flexibility index (Phi) is 2.93. The minimum Gasteiger partial charge on any atom is -0.481 e. The SMILES string of the molecule is CC(C)(C)c1noc(C2CCCC2C(=O)O)n1. The van der Waals surface area contributed by atoms with E-state index in [2.05, 4.69) is 10.1 Å². The molecule has 2 atom stereocenters. The maximum Gasteiger partial charge on any atom is 0.307 e. The Morgan fingerprint density at radius 1 is 1.41 bits per heavy atom. The summed E-state index contributed by atoms with van der Waals surface area (Å²) in [5, 5.41) is 13.1. The first kappa shape index (κ1) is 12.1. The second kappa shape index (κ2) is 4.13. The van der Waals surface area contributed by atoms with Crippen LogP contribution in [0.5, 0.6) is 0 Å². The Balaban J connectivity index is 2.23. The molecule has 17 heavy (non-hydrogen) atoms. The van der Waals surface area contributed by atoms with Gasteiger partial charge in [0.2, 0.25) is 5.89 Å². The van der Waals surface area contributed by atoms with E-state index in [-0.39, 0.29) is 17.3 Å². The zero-order valence-corrected chi connectivity index (χ0v) is 10.4. The minimum atomic E-state index is -0.761. The molecule has 0 radical (unpaired) electrons. The van der Waals surface area contributed by atoms with Crippen LogP contribution in [0.1, 0.15) is 57.7 Å². The van der Waals surface area contributed by atoms with Gasteiger partial charge in [-0.05, 0) is 12.8 Å². The Morgan fingerprint density at radius 2 is 2.12 bits per heavy atom. The molecule has 0 aromatic carbocycles. The van der Waals surface area contributed by atoms with Crippen molar-refractivity contribution in [2.45, 2.75) is 51.4 Å². The molecule has 0 amide bonds. The van der Waals surface area contributed by atoms with Gasteiger partial charge in [-0.3, -0.25) is 4.79 Å². The molecule has 1 aliphatic carbocycles. The summed E-state index contributed by atoms with van der Waals surface area (Å²) in [6, 6.07) is 0. The van der Waals surface area contributed by atoms with Gasteiger partial charge in [0.25, 0.3) is 0 Å². The van der Waals surface area contributed by atoms with Crippen LogP contribution in [0.4, 0.5) is 0 Å². The van der Waals surface area contributed by atoms with E-state index in [4.69, 9.17) is 9.63 Å². The molecule has 1 saturated carbocycles. The molecule has 1 aliphatic rings. The molecule has 94 valence electrons. The van der Waals surface area contributed by atoms with E-state index < -0.39 is 5.97 Å². The van der Waals surface area contributed by atoms with Crippen molar-refractivity contribution in [1.29, 1.82) is 0 Å². The van der Waals surface area contributed by atoms with Crippen molar-refractivity contribution in [3.63, 3.8) is 0 Å². The molecular formula is C12H18N2O3. The first-order valence-corrected chi connectivity index (χ1v) is 5.96. The van der Waals surface area contributed by atoms with Gasteiger partial charge < -0.3 is 9.63 Å². The number of carbonyl (C=O) groups is 1. The highest BCUT2D eigenvalue weighted by Crippen LogP contribution is 2.39. The third kappa shape index (κ3) is 2.33. The van der Waals surface area contributed by atoms with Gasteiger partial charge in [0.1, 0.15) is 0 Å². The van der Waals surface area contributed by atoms with Crippen LogP contribution in [-0.2, 0) is 10.2 Å². The molecule has 0 spiro atoms. The van der Waals surface area contributed by atoms with Gasteiger partial charge in [0.15, 0.2) is 5.82 Å². The molecule has 1 aromatic heterocycles. The minimum absolute atomic E-state index is 0.115. The fraction of sp³-hybridized carbons (Fsp3) is 0.750. The maximum absolute atomic E-state index is 11.1. The Bertz CT molecular complexity index is 420. The molecule has 1 heterocycles. The number of aromatic nitrogens is 2. The standard InChI is InChI=1S/C12H18N2O3/c1-12(2,3)11-13-9(17-14-11)7-5-4-6-8(7)10(15)16/h7-8H,4-6H2,1-3H3,(H,15,16). The van der Waals surface area contributed by atoms with E-state index in [1.54, 1.807) is 0 Å². The Morgan fingerprint density at radius 3 is 2.65 bits per heavy atom. The van der Waals surface area contributed by atoms with E-state index in [0.29, 0.717) is 18.1 Å². The maximum atomic E-state index is 11.1. The van der Waals surface area contributed by atoms with Crippen LogP contribution >= 0.6 is 0 Å². The number of hydrogen-bond donors (Lipinski definition) is 1. The first-order valence-electron chi connectivity index (χ1n) is 5.96. The molecule has 2 unspecified atom stereocenters. The van der Waals surface area contributed by atoms with E-state index in [9.17, 15) is 4.79 Å². The van der Waals surface area contributed by atoms with Gasteiger partial charge in [-0.1, -0.05) is 32.3 Å². The summed E-state index contributed by atoms with van der Waals surface area (Å²) in [6.45, 7) is 6.01. The summed E-state index contributed by atoms with van der Waals surface area (Å²) in [5.41, 5.74) is -0.168. The van der Waals surface area contributed by atoms with Crippen LogP contribution in [-0.4, -0.2) is 21.2 Å². The summed E-state index contributed by atoms with van der Waals surface area (Å²) in [4.78, 5) is 15.5. The monoisotopic (exact) mass is 238 g/mol. The summed E-state index contributed by atoms with van der Waals surface area (Å²) in [6.07, 6.45) is 2.44. The molecule has 2 rings (SSSR count). The normalized spacial score (nSPS) is 25.1. The average Bonchev–Trinajstić information content (AvgIpc) is 2.85. The highest BCUT2D eigenvalue weighted by Gasteiger charge is 2.38. The predicted molar refractivity (Wildman–Crippen MR) is 60.7 cm³/mol. The van der Waals surface area contributed by atoms with Gasteiger partial charge >= 0.3 is 5.97 Å². The van der Waals surface area contributed by atoms with Gasteiger partial charge in [0, 0.05) is 5.41 Å². The lowest BCUT2D eigenvalue weighted by Gasteiger charge is -2.12. The summed E-state index contributed by atoms with van der Waals surface area (Å²) < 4.78 is 5.23. The topological polar surface area (TPSA) is 76.2 Å². The lowest BCUT2D eigenvalue weighted by Crippen LogP contribution is -2.18. The molecule has 0 bridgehead atoms. The van der Waals surface area contributed by atoms with E-state index in [1.165, 1.54) is 0 Å². The van der Waals surface area contributed by atoms with Gasteiger partial charge in [0.05, 0.1) is 11.8 Å². The molecule has 1 N–H and O–H groups in total. The number of carboxylic acid groups (broad SMARTS) is 1. The largest absolute Gasteiger partial charge is 0.481 e. The van der Waals surface area contributed by atoms with Crippen LogP contribution in [0.2, 0.25) is 0 Å².